The standard InChI is InChI=1S/C16H19N5O3/c1-16(2)11-19(10-8-17-16)15(22)12-7-9-20(18-12)13-5-3-4-6-14(13)21(23)24/h3-7,9,17H,8,10-11H2,1-2H3. The zero-order chi connectivity index (χ0) is 17.3. The maximum absolute atomic E-state index is 12.6. The van der Waals surface area contributed by atoms with Gasteiger partial charge >= 0.3 is 0 Å². The number of piperazine rings is 1. The number of amides is 1. The van der Waals surface area contributed by atoms with Gasteiger partial charge in [0.15, 0.2) is 5.69 Å². The fraction of sp³-hybridized carbons (Fsp3) is 0.375. The molecule has 0 radical (unpaired) electrons. The van der Waals surface area contributed by atoms with Crippen LogP contribution in [0.15, 0.2) is 36.5 Å². The second-order valence-electron chi connectivity index (χ2n) is 6.43. The minimum atomic E-state index is -0.461. The molecule has 1 fully saturated rings. The van der Waals surface area contributed by atoms with Gasteiger partial charge < -0.3 is 10.2 Å². The van der Waals surface area contributed by atoms with Crippen LogP contribution in [0.5, 0.6) is 0 Å². The third-order valence-corrected chi connectivity index (χ3v) is 3.99. The topological polar surface area (TPSA) is 93.3 Å². The molecule has 8 nitrogen and oxygen atoms in total. The van der Waals surface area contributed by atoms with Crippen LogP contribution in [-0.4, -0.2) is 50.7 Å². The van der Waals surface area contributed by atoms with Crippen molar-refractivity contribution in [2.24, 2.45) is 0 Å². The van der Waals surface area contributed by atoms with Crippen molar-refractivity contribution in [3.05, 3.63) is 52.3 Å². The Bertz CT molecular complexity index is 784. The molecule has 24 heavy (non-hydrogen) atoms. The van der Waals surface area contributed by atoms with Crippen LogP contribution < -0.4 is 5.32 Å². The van der Waals surface area contributed by atoms with Gasteiger partial charge in [-0.25, -0.2) is 4.68 Å². The van der Waals surface area contributed by atoms with Crippen molar-refractivity contribution in [3.8, 4) is 5.69 Å². The molecule has 3 rings (SSSR count). The van der Waals surface area contributed by atoms with Gasteiger partial charge in [0.2, 0.25) is 0 Å². The molecular formula is C16H19N5O3. The molecule has 1 saturated heterocycles. The third kappa shape index (κ3) is 3.13. The summed E-state index contributed by atoms with van der Waals surface area (Å²) in [6, 6.07) is 7.91. The van der Waals surface area contributed by atoms with Gasteiger partial charge in [-0.1, -0.05) is 12.1 Å². The second-order valence-corrected chi connectivity index (χ2v) is 6.43. The van der Waals surface area contributed by atoms with E-state index in [1.54, 1.807) is 35.4 Å². The van der Waals surface area contributed by atoms with E-state index in [0.717, 1.165) is 6.54 Å². The number of rotatable bonds is 3. The van der Waals surface area contributed by atoms with Gasteiger partial charge in [-0.3, -0.25) is 14.9 Å². The van der Waals surface area contributed by atoms with Gasteiger partial charge in [-0.15, -0.1) is 0 Å². The van der Waals surface area contributed by atoms with Gasteiger partial charge in [-0.05, 0) is 26.0 Å². The smallest absolute Gasteiger partial charge is 0.294 e. The van der Waals surface area contributed by atoms with Crippen molar-refractivity contribution in [2.75, 3.05) is 19.6 Å². The summed E-state index contributed by atoms with van der Waals surface area (Å²) in [5.41, 5.74) is 0.422. The summed E-state index contributed by atoms with van der Waals surface area (Å²) in [5.74, 6) is -0.165. The molecule has 2 heterocycles. The number of para-hydroxylation sites is 2. The maximum atomic E-state index is 12.6. The predicted molar refractivity (Wildman–Crippen MR) is 88.2 cm³/mol. The Kier molecular flexibility index (Phi) is 4.06. The summed E-state index contributed by atoms with van der Waals surface area (Å²) in [5, 5.41) is 18.7. The molecule has 0 atom stereocenters. The summed E-state index contributed by atoms with van der Waals surface area (Å²) in [6.07, 6.45) is 1.57. The Morgan fingerprint density at radius 3 is 2.79 bits per heavy atom. The summed E-state index contributed by atoms with van der Waals surface area (Å²) >= 11 is 0. The lowest BCUT2D eigenvalue weighted by molar-refractivity contribution is -0.384. The predicted octanol–water partition coefficient (Wildman–Crippen LogP) is 1.60. The van der Waals surface area contributed by atoms with E-state index in [9.17, 15) is 14.9 Å². The van der Waals surface area contributed by atoms with Crippen LogP contribution in [0.4, 0.5) is 5.69 Å². The molecule has 2 aromatic rings. The van der Waals surface area contributed by atoms with Crippen molar-refractivity contribution in [1.29, 1.82) is 0 Å². The van der Waals surface area contributed by atoms with Crippen LogP contribution >= 0.6 is 0 Å². The third-order valence-electron chi connectivity index (χ3n) is 3.99. The minimum absolute atomic E-state index is 0.0529. The Hall–Kier alpha value is -2.74. The maximum Gasteiger partial charge on any atom is 0.294 e. The lowest BCUT2D eigenvalue weighted by atomic mass is 10.0. The number of hydrogen-bond acceptors (Lipinski definition) is 5. The van der Waals surface area contributed by atoms with E-state index in [0.29, 0.717) is 18.8 Å². The largest absolute Gasteiger partial charge is 0.334 e. The van der Waals surface area contributed by atoms with Crippen molar-refractivity contribution < 1.29 is 9.72 Å². The highest BCUT2D eigenvalue weighted by molar-refractivity contribution is 5.92. The van der Waals surface area contributed by atoms with Crippen LogP contribution in [0.2, 0.25) is 0 Å². The number of carbonyl (C=O) groups is 1. The molecule has 8 heteroatoms. The van der Waals surface area contributed by atoms with Crippen molar-refractivity contribution in [1.82, 2.24) is 20.0 Å². The first-order chi connectivity index (χ1) is 11.4. The van der Waals surface area contributed by atoms with Crippen molar-refractivity contribution in [2.45, 2.75) is 19.4 Å². The van der Waals surface area contributed by atoms with E-state index in [4.69, 9.17) is 0 Å². The lowest BCUT2D eigenvalue weighted by Crippen LogP contribution is -2.58. The monoisotopic (exact) mass is 329 g/mol. The summed E-state index contributed by atoms with van der Waals surface area (Å²) in [4.78, 5) is 25.1. The molecule has 0 spiro atoms. The second kappa shape index (κ2) is 6.04. The molecule has 1 aromatic heterocycles. The number of nitrogens with one attached hydrogen (secondary N) is 1. The summed E-state index contributed by atoms with van der Waals surface area (Å²) < 4.78 is 1.37. The molecule has 126 valence electrons. The van der Waals surface area contributed by atoms with Crippen molar-refractivity contribution >= 4 is 11.6 Å². The van der Waals surface area contributed by atoms with E-state index < -0.39 is 4.92 Å². The van der Waals surface area contributed by atoms with Crippen molar-refractivity contribution in [3.63, 3.8) is 0 Å². The molecule has 0 aliphatic carbocycles. The summed E-state index contributed by atoms with van der Waals surface area (Å²) in [6.45, 7) is 6.01. The first-order valence-electron chi connectivity index (χ1n) is 7.71. The molecule has 0 unspecified atom stereocenters. The van der Waals surface area contributed by atoms with Crippen LogP contribution in [-0.2, 0) is 0 Å². The van der Waals surface area contributed by atoms with E-state index >= 15 is 0 Å². The van der Waals surface area contributed by atoms with Crippen LogP contribution in [0.3, 0.4) is 0 Å². The number of benzene rings is 1. The van der Waals surface area contributed by atoms with Gasteiger partial charge in [0.05, 0.1) is 4.92 Å². The molecule has 0 bridgehead atoms. The lowest BCUT2D eigenvalue weighted by Gasteiger charge is -2.38. The number of nitro groups is 1. The number of aromatic nitrogens is 2. The number of nitrogens with zero attached hydrogens (tertiary/aromatic N) is 4. The average molecular weight is 329 g/mol. The van der Waals surface area contributed by atoms with E-state index in [2.05, 4.69) is 10.4 Å². The average Bonchev–Trinajstić information content (AvgIpc) is 3.03. The highest BCUT2D eigenvalue weighted by Crippen LogP contribution is 2.22. The fourth-order valence-electron chi connectivity index (χ4n) is 2.86. The van der Waals surface area contributed by atoms with Gasteiger partial charge in [0, 0.05) is 37.4 Å². The minimum Gasteiger partial charge on any atom is -0.334 e. The molecule has 1 amide bonds. The Balaban J connectivity index is 1.86. The quantitative estimate of drug-likeness (QED) is 0.682. The van der Waals surface area contributed by atoms with Crippen LogP contribution in [0.25, 0.3) is 5.69 Å². The van der Waals surface area contributed by atoms with Crippen LogP contribution in [0.1, 0.15) is 24.3 Å². The van der Waals surface area contributed by atoms with Crippen LogP contribution in [0, 0.1) is 10.1 Å². The van der Waals surface area contributed by atoms with Gasteiger partial charge in [0.25, 0.3) is 11.6 Å². The van der Waals surface area contributed by atoms with E-state index in [1.807, 2.05) is 13.8 Å². The normalized spacial score (nSPS) is 16.8. The zero-order valence-electron chi connectivity index (χ0n) is 13.6. The number of carbonyl (C=O) groups excluding carboxylic acids is 1. The van der Waals surface area contributed by atoms with Gasteiger partial charge in [0.1, 0.15) is 5.69 Å². The first-order valence-corrected chi connectivity index (χ1v) is 7.71. The van der Waals surface area contributed by atoms with E-state index in [-0.39, 0.29) is 22.8 Å². The van der Waals surface area contributed by atoms with E-state index in [1.165, 1.54) is 10.7 Å². The van der Waals surface area contributed by atoms with Gasteiger partial charge in [-0.2, -0.15) is 5.10 Å². The molecular weight excluding hydrogens is 310 g/mol. The number of nitro benzene ring substituents is 1. The highest BCUT2D eigenvalue weighted by Gasteiger charge is 2.30. The fourth-order valence-corrected chi connectivity index (χ4v) is 2.86. The Morgan fingerprint density at radius 1 is 1.33 bits per heavy atom. The Morgan fingerprint density at radius 2 is 2.08 bits per heavy atom. The Labute approximate surface area is 139 Å². The molecule has 1 aliphatic heterocycles. The molecule has 1 aliphatic rings. The number of hydrogen-bond donors (Lipinski definition) is 1. The highest BCUT2D eigenvalue weighted by atomic mass is 16.6. The molecule has 1 N–H and O–H groups in total. The SMILES string of the molecule is CC1(C)CN(C(=O)c2ccn(-c3ccccc3[N+](=O)[O-])n2)CCN1. The zero-order valence-corrected chi connectivity index (χ0v) is 13.6. The molecule has 1 aromatic carbocycles. The molecule has 0 saturated carbocycles. The summed E-state index contributed by atoms with van der Waals surface area (Å²) in [7, 11) is 0. The first kappa shape index (κ1) is 16.1.